The normalized spacial score (nSPS) is 21.9. The molecule has 0 unspecified atom stereocenters. The Morgan fingerprint density at radius 3 is 2.81 bits per heavy atom. The van der Waals surface area contributed by atoms with Crippen molar-refractivity contribution in [2.45, 2.75) is 31.2 Å². The Bertz CT molecular complexity index is 410. The Balaban J connectivity index is 2.01. The minimum Gasteiger partial charge on any atom is -0.508 e. The summed E-state index contributed by atoms with van der Waals surface area (Å²) in [6, 6.07) is 5.59. The maximum Gasteiger partial charge on any atom is 0.117 e. The fourth-order valence-electron chi connectivity index (χ4n) is 3.14. The van der Waals surface area contributed by atoms with Gasteiger partial charge in [0, 0.05) is 19.7 Å². The summed E-state index contributed by atoms with van der Waals surface area (Å²) in [7, 11) is 2.18. The number of anilines is 2. The summed E-state index contributed by atoms with van der Waals surface area (Å²) in [4.78, 5) is 2.41. The van der Waals surface area contributed by atoms with Gasteiger partial charge >= 0.3 is 0 Å². The van der Waals surface area contributed by atoms with Crippen molar-refractivity contribution in [1.82, 2.24) is 0 Å². The number of phenolic OH excluding ortho intramolecular Hbond substituents is 1. The van der Waals surface area contributed by atoms with Crippen molar-refractivity contribution < 1.29 is 5.11 Å². The number of likely N-dealkylation sites (N-methyl/N-ethyl adjacent to an activating group) is 1. The number of nitrogens with one attached hydrogen (secondary N) is 1. The molecule has 0 amide bonds. The van der Waals surface area contributed by atoms with E-state index in [1.165, 1.54) is 31.4 Å². The van der Waals surface area contributed by atoms with E-state index in [4.69, 9.17) is 0 Å². The molecule has 16 heavy (non-hydrogen) atoms. The molecule has 1 heterocycles. The van der Waals surface area contributed by atoms with Crippen LogP contribution >= 0.6 is 0 Å². The summed E-state index contributed by atoms with van der Waals surface area (Å²) in [6.07, 6.45) is 5.21. The summed E-state index contributed by atoms with van der Waals surface area (Å²) >= 11 is 0. The summed E-state index contributed by atoms with van der Waals surface area (Å²) in [6.45, 7) is 1.000. The third-order valence-corrected chi connectivity index (χ3v) is 4.20. The van der Waals surface area contributed by atoms with E-state index in [1.807, 2.05) is 12.1 Å². The molecule has 86 valence electrons. The first-order chi connectivity index (χ1) is 7.71. The van der Waals surface area contributed by atoms with Crippen LogP contribution in [0, 0.1) is 0 Å². The van der Waals surface area contributed by atoms with Crippen LogP contribution in [0.3, 0.4) is 0 Å². The lowest BCUT2D eigenvalue weighted by Crippen LogP contribution is -2.52. The highest BCUT2D eigenvalue weighted by Gasteiger charge is 2.40. The molecule has 1 aliphatic carbocycles. The van der Waals surface area contributed by atoms with Gasteiger partial charge in [-0.05, 0) is 25.0 Å². The number of nitrogens with zero attached hydrogens (tertiary/aromatic N) is 1. The van der Waals surface area contributed by atoms with Crippen molar-refractivity contribution in [1.29, 1.82) is 0 Å². The van der Waals surface area contributed by atoms with Crippen LogP contribution in [0.15, 0.2) is 18.2 Å². The van der Waals surface area contributed by atoms with Gasteiger partial charge in [0.25, 0.3) is 0 Å². The second-order valence-corrected chi connectivity index (χ2v) is 5.05. The molecule has 1 aromatic carbocycles. The van der Waals surface area contributed by atoms with Crippen molar-refractivity contribution in [3.8, 4) is 5.75 Å². The molecule has 2 aliphatic rings. The lowest BCUT2D eigenvalue weighted by Gasteiger charge is -2.45. The van der Waals surface area contributed by atoms with Crippen LogP contribution in [0.2, 0.25) is 0 Å². The van der Waals surface area contributed by atoms with Crippen molar-refractivity contribution in [2.75, 3.05) is 23.8 Å². The zero-order valence-corrected chi connectivity index (χ0v) is 9.66. The van der Waals surface area contributed by atoms with Crippen LogP contribution in [0.25, 0.3) is 0 Å². The number of fused-ring (bicyclic) bond motifs is 1. The maximum atomic E-state index is 9.47. The second-order valence-electron chi connectivity index (χ2n) is 5.05. The van der Waals surface area contributed by atoms with Crippen LogP contribution < -0.4 is 10.2 Å². The smallest absolute Gasteiger partial charge is 0.117 e. The van der Waals surface area contributed by atoms with Crippen LogP contribution in [-0.4, -0.2) is 24.2 Å². The minimum atomic E-state index is 0.309. The Kier molecular flexibility index (Phi) is 2.03. The van der Waals surface area contributed by atoms with E-state index < -0.39 is 0 Å². The predicted molar refractivity (Wildman–Crippen MR) is 66.2 cm³/mol. The van der Waals surface area contributed by atoms with Gasteiger partial charge in [0.15, 0.2) is 0 Å². The Morgan fingerprint density at radius 2 is 2.06 bits per heavy atom. The van der Waals surface area contributed by atoms with Crippen molar-refractivity contribution in [3.63, 3.8) is 0 Å². The zero-order chi connectivity index (χ0) is 11.2. The first-order valence-corrected chi connectivity index (χ1v) is 6.02. The van der Waals surface area contributed by atoms with Crippen molar-refractivity contribution >= 4 is 11.4 Å². The van der Waals surface area contributed by atoms with E-state index in [9.17, 15) is 5.11 Å². The highest BCUT2D eigenvalue weighted by atomic mass is 16.3. The first-order valence-electron chi connectivity index (χ1n) is 6.02. The van der Waals surface area contributed by atoms with E-state index in [0.29, 0.717) is 11.3 Å². The van der Waals surface area contributed by atoms with E-state index in [0.717, 1.165) is 12.2 Å². The number of rotatable bonds is 0. The van der Waals surface area contributed by atoms with E-state index in [1.54, 1.807) is 6.07 Å². The number of hydrogen-bond acceptors (Lipinski definition) is 3. The van der Waals surface area contributed by atoms with Gasteiger partial charge in [-0.15, -0.1) is 0 Å². The highest BCUT2D eigenvalue weighted by Crippen LogP contribution is 2.44. The number of phenols is 1. The molecule has 3 heteroatoms. The van der Waals surface area contributed by atoms with Crippen molar-refractivity contribution in [3.05, 3.63) is 18.2 Å². The minimum absolute atomic E-state index is 0.309. The third-order valence-electron chi connectivity index (χ3n) is 4.20. The first kappa shape index (κ1) is 9.82. The number of hydrogen-bond donors (Lipinski definition) is 2. The predicted octanol–water partition coefficient (Wildman–Crippen LogP) is 2.57. The molecule has 0 atom stereocenters. The maximum absolute atomic E-state index is 9.47. The van der Waals surface area contributed by atoms with E-state index in [2.05, 4.69) is 17.3 Å². The van der Waals surface area contributed by atoms with Gasteiger partial charge in [-0.3, -0.25) is 0 Å². The molecule has 1 aliphatic heterocycles. The monoisotopic (exact) mass is 218 g/mol. The van der Waals surface area contributed by atoms with Crippen LogP contribution in [0.4, 0.5) is 11.4 Å². The lowest BCUT2D eigenvalue weighted by atomic mass is 9.92. The average Bonchev–Trinajstić information content (AvgIpc) is 2.74. The second kappa shape index (κ2) is 3.30. The Morgan fingerprint density at radius 1 is 1.31 bits per heavy atom. The topological polar surface area (TPSA) is 35.5 Å². The quantitative estimate of drug-likeness (QED) is 0.702. The Hall–Kier alpha value is -1.38. The fourth-order valence-corrected chi connectivity index (χ4v) is 3.14. The molecular formula is C13H18N2O. The molecule has 0 aromatic heterocycles. The van der Waals surface area contributed by atoms with Gasteiger partial charge in [0.2, 0.25) is 0 Å². The summed E-state index contributed by atoms with van der Waals surface area (Å²) < 4.78 is 0. The SMILES string of the molecule is CN1c2ccc(O)cc2NCC12CCCC2. The molecule has 1 aromatic rings. The van der Waals surface area contributed by atoms with Crippen molar-refractivity contribution in [2.24, 2.45) is 0 Å². The zero-order valence-electron chi connectivity index (χ0n) is 9.66. The lowest BCUT2D eigenvalue weighted by molar-refractivity contribution is 0.427. The van der Waals surface area contributed by atoms with E-state index >= 15 is 0 Å². The van der Waals surface area contributed by atoms with Crippen LogP contribution in [-0.2, 0) is 0 Å². The standard InChI is InChI=1S/C13H18N2O/c1-15-12-5-4-10(16)8-11(12)14-9-13(15)6-2-3-7-13/h4-5,8,14,16H,2-3,6-7,9H2,1H3. The molecule has 0 bridgehead atoms. The molecule has 0 saturated heterocycles. The molecule has 2 N–H and O–H groups in total. The third kappa shape index (κ3) is 1.27. The average molecular weight is 218 g/mol. The molecule has 1 saturated carbocycles. The van der Waals surface area contributed by atoms with E-state index in [-0.39, 0.29) is 0 Å². The van der Waals surface area contributed by atoms with Gasteiger partial charge in [-0.2, -0.15) is 0 Å². The number of benzene rings is 1. The van der Waals surface area contributed by atoms with Gasteiger partial charge in [-0.1, -0.05) is 12.8 Å². The molecule has 3 rings (SSSR count). The highest BCUT2D eigenvalue weighted by molar-refractivity contribution is 5.75. The number of aromatic hydroxyl groups is 1. The summed E-state index contributed by atoms with van der Waals surface area (Å²) in [5.74, 6) is 0.335. The van der Waals surface area contributed by atoms with Crippen LogP contribution in [0.1, 0.15) is 25.7 Å². The molecule has 1 fully saturated rings. The Labute approximate surface area is 96.1 Å². The molecule has 3 nitrogen and oxygen atoms in total. The molecule has 0 radical (unpaired) electrons. The summed E-state index contributed by atoms with van der Waals surface area (Å²) in [5, 5.41) is 12.9. The van der Waals surface area contributed by atoms with Gasteiger partial charge in [0.05, 0.1) is 16.9 Å². The largest absolute Gasteiger partial charge is 0.508 e. The van der Waals surface area contributed by atoms with Gasteiger partial charge in [-0.25, -0.2) is 0 Å². The van der Waals surface area contributed by atoms with Gasteiger partial charge < -0.3 is 15.3 Å². The fraction of sp³-hybridized carbons (Fsp3) is 0.538. The summed E-state index contributed by atoms with van der Waals surface area (Å²) in [5.41, 5.74) is 2.58. The van der Waals surface area contributed by atoms with Crippen LogP contribution in [0.5, 0.6) is 5.75 Å². The molecule has 1 spiro atoms. The molecular weight excluding hydrogens is 200 g/mol. The van der Waals surface area contributed by atoms with Gasteiger partial charge in [0.1, 0.15) is 5.75 Å².